The predicted octanol–water partition coefficient (Wildman–Crippen LogP) is 1.44. The minimum Gasteiger partial charge on any atom is -0.502 e. The van der Waals surface area contributed by atoms with E-state index in [0.717, 1.165) is 12.1 Å². The van der Waals surface area contributed by atoms with Crippen molar-refractivity contribution < 1.29 is 14.8 Å². The van der Waals surface area contributed by atoms with E-state index in [9.17, 15) is 20.0 Å². The second-order valence-electron chi connectivity index (χ2n) is 3.67. The number of hydrogen-bond acceptors (Lipinski definition) is 5. The van der Waals surface area contributed by atoms with Crippen LogP contribution in [0.25, 0.3) is 0 Å². The van der Waals surface area contributed by atoms with Crippen molar-refractivity contribution in [1.29, 1.82) is 0 Å². The summed E-state index contributed by atoms with van der Waals surface area (Å²) in [5.41, 5.74) is -0.463. The van der Waals surface area contributed by atoms with Gasteiger partial charge in [0.25, 0.3) is 5.91 Å². The van der Waals surface area contributed by atoms with Gasteiger partial charge in [-0.05, 0) is 12.1 Å². The number of thiazole rings is 1. The molecule has 0 saturated heterocycles. The molecule has 0 unspecified atom stereocenters. The van der Waals surface area contributed by atoms with Crippen LogP contribution in [0.1, 0.15) is 10.4 Å². The highest BCUT2D eigenvalue weighted by molar-refractivity contribution is 7.07. The lowest BCUT2D eigenvalue weighted by Crippen LogP contribution is -2.12. The van der Waals surface area contributed by atoms with E-state index in [2.05, 4.69) is 4.99 Å². The zero-order chi connectivity index (χ0) is 14.0. The number of amides is 1. The third kappa shape index (κ3) is 2.68. The van der Waals surface area contributed by atoms with Crippen LogP contribution < -0.4 is 4.80 Å². The number of hydrogen-bond donors (Lipinski definition) is 1. The van der Waals surface area contributed by atoms with Crippen molar-refractivity contribution in [1.82, 2.24) is 4.57 Å². The average molecular weight is 279 g/mol. The summed E-state index contributed by atoms with van der Waals surface area (Å²) in [4.78, 5) is 26.1. The van der Waals surface area contributed by atoms with Gasteiger partial charge in [-0.3, -0.25) is 14.9 Å². The van der Waals surface area contributed by atoms with Crippen molar-refractivity contribution in [2.24, 2.45) is 12.0 Å². The average Bonchev–Trinajstić information content (AvgIpc) is 2.75. The molecule has 7 nitrogen and oxygen atoms in total. The summed E-state index contributed by atoms with van der Waals surface area (Å²) < 4.78 is 1.66. The number of carbonyl (C=O) groups is 1. The molecule has 0 atom stereocenters. The molecule has 0 spiro atoms. The smallest absolute Gasteiger partial charge is 0.311 e. The van der Waals surface area contributed by atoms with E-state index in [1.54, 1.807) is 23.2 Å². The SMILES string of the molecule is Cn1ccsc1=NC(=O)c1ccc(O)c([N+](=O)[O-])c1. The van der Waals surface area contributed by atoms with Gasteiger partial charge in [0.1, 0.15) is 0 Å². The first-order chi connectivity index (χ1) is 8.99. The van der Waals surface area contributed by atoms with Crippen molar-refractivity contribution in [3.63, 3.8) is 0 Å². The summed E-state index contributed by atoms with van der Waals surface area (Å²) in [6.45, 7) is 0. The van der Waals surface area contributed by atoms with Gasteiger partial charge < -0.3 is 9.67 Å². The number of nitro groups is 1. The third-order valence-electron chi connectivity index (χ3n) is 2.38. The highest BCUT2D eigenvalue weighted by Crippen LogP contribution is 2.26. The Kier molecular flexibility index (Phi) is 3.43. The molecule has 19 heavy (non-hydrogen) atoms. The predicted molar refractivity (Wildman–Crippen MR) is 67.9 cm³/mol. The molecule has 0 bridgehead atoms. The van der Waals surface area contributed by atoms with E-state index in [-0.39, 0.29) is 5.56 Å². The summed E-state index contributed by atoms with van der Waals surface area (Å²) in [5.74, 6) is -1.08. The minimum atomic E-state index is -0.753. The van der Waals surface area contributed by atoms with Gasteiger partial charge in [-0.2, -0.15) is 4.99 Å². The summed E-state index contributed by atoms with van der Waals surface area (Å²) in [7, 11) is 1.74. The largest absolute Gasteiger partial charge is 0.502 e. The van der Waals surface area contributed by atoms with E-state index in [1.165, 1.54) is 17.4 Å². The monoisotopic (exact) mass is 279 g/mol. The van der Waals surface area contributed by atoms with Crippen LogP contribution in [0.3, 0.4) is 0 Å². The Morgan fingerprint density at radius 3 is 2.84 bits per heavy atom. The first-order valence-corrected chi connectivity index (χ1v) is 6.03. The van der Waals surface area contributed by atoms with Gasteiger partial charge >= 0.3 is 5.69 Å². The maximum atomic E-state index is 11.9. The quantitative estimate of drug-likeness (QED) is 0.664. The summed E-state index contributed by atoms with van der Waals surface area (Å²) in [6.07, 6.45) is 1.75. The van der Waals surface area contributed by atoms with E-state index >= 15 is 0 Å². The lowest BCUT2D eigenvalue weighted by atomic mass is 10.2. The Hall–Kier alpha value is -2.48. The summed E-state index contributed by atoms with van der Waals surface area (Å²) in [5, 5.41) is 21.7. The molecule has 0 aliphatic heterocycles. The third-order valence-corrected chi connectivity index (χ3v) is 3.22. The summed E-state index contributed by atoms with van der Waals surface area (Å²) >= 11 is 1.28. The Bertz CT molecular complexity index is 717. The number of carbonyl (C=O) groups excluding carboxylic acids is 1. The van der Waals surface area contributed by atoms with Crippen molar-refractivity contribution in [3.8, 4) is 5.75 Å². The fourth-order valence-electron chi connectivity index (χ4n) is 1.39. The van der Waals surface area contributed by atoms with E-state index in [0.29, 0.717) is 4.80 Å². The number of nitro benzene ring substituents is 1. The fraction of sp³-hybridized carbons (Fsp3) is 0.0909. The van der Waals surface area contributed by atoms with E-state index in [4.69, 9.17) is 0 Å². The molecule has 2 rings (SSSR count). The Labute approximate surface area is 111 Å². The molecule has 1 aromatic carbocycles. The van der Waals surface area contributed by atoms with Crippen molar-refractivity contribution >= 4 is 22.9 Å². The zero-order valence-electron chi connectivity index (χ0n) is 9.81. The summed E-state index contributed by atoms with van der Waals surface area (Å²) in [6, 6.07) is 3.41. The maximum absolute atomic E-state index is 11.9. The zero-order valence-corrected chi connectivity index (χ0v) is 10.6. The van der Waals surface area contributed by atoms with Gasteiger partial charge in [0.15, 0.2) is 10.6 Å². The molecule has 0 aliphatic carbocycles. The molecule has 1 heterocycles. The molecule has 8 heteroatoms. The number of phenols is 1. The van der Waals surface area contributed by atoms with Gasteiger partial charge in [-0.15, -0.1) is 11.3 Å². The Balaban J connectivity index is 2.44. The second kappa shape index (κ2) is 5.02. The van der Waals surface area contributed by atoms with Crippen LogP contribution in [0, 0.1) is 10.1 Å². The van der Waals surface area contributed by atoms with Crippen molar-refractivity contribution in [2.75, 3.05) is 0 Å². The highest BCUT2D eigenvalue weighted by Gasteiger charge is 2.16. The second-order valence-corrected chi connectivity index (χ2v) is 4.55. The van der Waals surface area contributed by atoms with Crippen LogP contribution in [-0.4, -0.2) is 20.5 Å². The molecular formula is C11H9N3O4S. The number of aryl methyl sites for hydroxylation is 1. The highest BCUT2D eigenvalue weighted by atomic mass is 32.1. The lowest BCUT2D eigenvalue weighted by Gasteiger charge is -1.98. The van der Waals surface area contributed by atoms with Crippen LogP contribution in [-0.2, 0) is 7.05 Å². The van der Waals surface area contributed by atoms with Gasteiger partial charge in [0, 0.05) is 30.3 Å². The first kappa shape index (κ1) is 13.0. The standard InChI is InChI=1S/C11H9N3O4S/c1-13-4-5-19-11(13)12-10(16)7-2-3-9(15)8(6-7)14(17)18/h2-6,15H,1H3. The first-order valence-electron chi connectivity index (χ1n) is 5.15. The molecule has 1 N–H and O–H groups in total. The molecule has 0 aliphatic rings. The number of rotatable bonds is 2. The molecule has 0 saturated carbocycles. The molecule has 98 valence electrons. The van der Waals surface area contributed by atoms with Gasteiger partial charge in [0.05, 0.1) is 4.92 Å². The Morgan fingerprint density at radius 2 is 2.26 bits per heavy atom. The van der Waals surface area contributed by atoms with Crippen LogP contribution in [0.15, 0.2) is 34.8 Å². The fourth-order valence-corrected chi connectivity index (χ4v) is 2.12. The number of benzene rings is 1. The topological polar surface area (TPSA) is 97.7 Å². The number of phenolic OH excluding ortho intramolecular Hbond substituents is 1. The van der Waals surface area contributed by atoms with Crippen LogP contribution >= 0.6 is 11.3 Å². The van der Waals surface area contributed by atoms with Gasteiger partial charge in [0.2, 0.25) is 0 Å². The van der Waals surface area contributed by atoms with Gasteiger partial charge in [-0.25, -0.2) is 0 Å². The molecule has 0 radical (unpaired) electrons. The maximum Gasteiger partial charge on any atom is 0.311 e. The van der Waals surface area contributed by atoms with Crippen LogP contribution in [0.5, 0.6) is 5.75 Å². The minimum absolute atomic E-state index is 0.0536. The number of nitrogens with zero attached hydrogens (tertiary/aromatic N) is 3. The Morgan fingerprint density at radius 1 is 1.53 bits per heavy atom. The van der Waals surface area contributed by atoms with E-state index in [1.807, 2.05) is 0 Å². The molecule has 0 fully saturated rings. The van der Waals surface area contributed by atoms with E-state index < -0.39 is 22.3 Å². The molecule has 1 aromatic heterocycles. The molecule has 1 amide bonds. The molecular weight excluding hydrogens is 270 g/mol. The number of aromatic hydroxyl groups is 1. The lowest BCUT2D eigenvalue weighted by molar-refractivity contribution is -0.385. The normalized spacial score (nSPS) is 11.5. The van der Waals surface area contributed by atoms with Crippen molar-refractivity contribution in [3.05, 3.63) is 50.3 Å². The van der Waals surface area contributed by atoms with Crippen molar-refractivity contribution in [2.45, 2.75) is 0 Å². The molecule has 2 aromatic rings. The number of aromatic nitrogens is 1. The van der Waals surface area contributed by atoms with Crippen LogP contribution in [0.2, 0.25) is 0 Å². The van der Waals surface area contributed by atoms with Crippen LogP contribution in [0.4, 0.5) is 5.69 Å². The van der Waals surface area contributed by atoms with Gasteiger partial charge in [-0.1, -0.05) is 0 Å².